The molecule has 2 aromatic rings. The first kappa shape index (κ1) is 14.8. The van der Waals surface area contributed by atoms with E-state index in [0.717, 1.165) is 11.6 Å². The van der Waals surface area contributed by atoms with Crippen LogP contribution in [0.3, 0.4) is 0 Å². The molecule has 0 aromatic carbocycles. The number of aromatic nitrogens is 3. The van der Waals surface area contributed by atoms with Gasteiger partial charge in [-0.1, -0.05) is 0 Å². The van der Waals surface area contributed by atoms with E-state index in [1.165, 1.54) is 0 Å². The molecule has 1 aliphatic heterocycles. The molecule has 7 nitrogen and oxygen atoms in total. The largest absolute Gasteiger partial charge is 0.469 e. The van der Waals surface area contributed by atoms with Crippen molar-refractivity contribution in [1.29, 1.82) is 0 Å². The van der Waals surface area contributed by atoms with Gasteiger partial charge in [-0.3, -0.25) is 4.79 Å². The van der Waals surface area contributed by atoms with Gasteiger partial charge in [0.15, 0.2) is 5.82 Å². The maximum Gasteiger partial charge on any atom is 0.257 e. The zero-order valence-corrected chi connectivity index (χ0v) is 13.1. The second-order valence-electron chi connectivity index (χ2n) is 5.56. The molecule has 1 amide bonds. The maximum atomic E-state index is 12.7. The van der Waals surface area contributed by atoms with Crippen LogP contribution in [0.15, 0.2) is 16.7 Å². The van der Waals surface area contributed by atoms with Crippen molar-refractivity contribution in [2.75, 3.05) is 13.7 Å². The summed E-state index contributed by atoms with van der Waals surface area (Å²) in [7, 11) is 1.64. The molecule has 7 heteroatoms. The maximum absolute atomic E-state index is 12.7. The number of hydrogen-bond donors (Lipinski definition) is 0. The van der Waals surface area contributed by atoms with Crippen molar-refractivity contribution < 1.29 is 13.9 Å². The third-order valence-corrected chi connectivity index (χ3v) is 4.10. The molecule has 0 aliphatic carbocycles. The van der Waals surface area contributed by atoms with E-state index < -0.39 is 0 Å². The van der Waals surface area contributed by atoms with Gasteiger partial charge in [0.05, 0.1) is 11.8 Å². The summed E-state index contributed by atoms with van der Waals surface area (Å²) in [6.07, 6.45) is 2.23. The summed E-state index contributed by atoms with van der Waals surface area (Å²) >= 11 is 0. The predicted molar refractivity (Wildman–Crippen MR) is 78.4 cm³/mol. The topological polar surface area (TPSA) is 73.4 Å². The lowest BCUT2D eigenvalue weighted by Gasteiger charge is -2.26. The van der Waals surface area contributed by atoms with Crippen LogP contribution in [-0.2, 0) is 24.3 Å². The van der Waals surface area contributed by atoms with Gasteiger partial charge in [0.1, 0.15) is 18.2 Å². The fraction of sp³-hybridized carbons (Fsp3) is 0.533. The third kappa shape index (κ3) is 2.52. The van der Waals surface area contributed by atoms with Gasteiger partial charge in [0, 0.05) is 32.7 Å². The second kappa shape index (κ2) is 5.92. The summed E-state index contributed by atoms with van der Waals surface area (Å²) < 4.78 is 12.5. The number of nitrogens with zero attached hydrogens (tertiary/aromatic N) is 4. The van der Waals surface area contributed by atoms with Crippen molar-refractivity contribution in [2.45, 2.75) is 39.5 Å². The minimum atomic E-state index is 0.00533. The van der Waals surface area contributed by atoms with E-state index in [9.17, 15) is 4.79 Å². The van der Waals surface area contributed by atoms with E-state index in [1.54, 1.807) is 26.4 Å². The molecular formula is C15H20N4O3. The van der Waals surface area contributed by atoms with Crippen LogP contribution < -0.4 is 0 Å². The Morgan fingerprint density at radius 2 is 2.27 bits per heavy atom. The minimum Gasteiger partial charge on any atom is -0.469 e. The molecule has 0 radical (unpaired) electrons. The quantitative estimate of drug-likeness (QED) is 0.857. The highest BCUT2D eigenvalue weighted by molar-refractivity contribution is 5.95. The van der Waals surface area contributed by atoms with Crippen molar-refractivity contribution in [3.63, 3.8) is 0 Å². The number of fused-ring (bicyclic) bond motifs is 1. The highest BCUT2D eigenvalue weighted by atomic mass is 16.5. The van der Waals surface area contributed by atoms with Crippen molar-refractivity contribution in [2.24, 2.45) is 0 Å². The molecule has 0 fully saturated rings. The molecule has 118 valence electrons. The SMILES string of the molecule is COCc1nnc2n1CCN(C(=O)c1ccoc1C)[C@@H](C)C2. The van der Waals surface area contributed by atoms with Crippen LogP contribution in [0.25, 0.3) is 0 Å². The van der Waals surface area contributed by atoms with Crippen LogP contribution in [0, 0.1) is 6.92 Å². The Balaban J connectivity index is 1.83. The molecule has 0 unspecified atom stereocenters. The summed E-state index contributed by atoms with van der Waals surface area (Å²) in [6.45, 7) is 5.56. The number of hydrogen-bond acceptors (Lipinski definition) is 5. The molecule has 0 bridgehead atoms. The first-order valence-corrected chi connectivity index (χ1v) is 7.36. The minimum absolute atomic E-state index is 0.00533. The number of methoxy groups -OCH3 is 1. The Hall–Kier alpha value is -2.15. The number of furan rings is 1. The number of ether oxygens (including phenoxy) is 1. The van der Waals surface area contributed by atoms with Crippen molar-refractivity contribution in [1.82, 2.24) is 19.7 Å². The van der Waals surface area contributed by atoms with Crippen molar-refractivity contribution in [3.8, 4) is 0 Å². The van der Waals surface area contributed by atoms with E-state index in [1.807, 2.05) is 11.8 Å². The summed E-state index contributed by atoms with van der Waals surface area (Å²) in [5.41, 5.74) is 0.627. The van der Waals surface area contributed by atoms with Gasteiger partial charge in [-0.15, -0.1) is 10.2 Å². The van der Waals surface area contributed by atoms with Gasteiger partial charge in [-0.05, 0) is 19.9 Å². The Morgan fingerprint density at radius 1 is 1.45 bits per heavy atom. The van der Waals surface area contributed by atoms with Crippen LogP contribution in [0.5, 0.6) is 0 Å². The molecule has 3 heterocycles. The lowest BCUT2D eigenvalue weighted by Crippen LogP contribution is -2.40. The zero-order chi connectivity index (χ0) is 15.7. The Kier molecular flexibility index (Phi) is 3.98. The van der Waals surface area contributed by atoms with E-state index in [4.69, 9.17) is 9.15 Å². The highest BCUT2D eigenvalue weighted by Gasteiger charge is 2.29. The lowest BCUT2D eigenvalue weighted by atomic mass is 10.1. The van der Waals surface area contributed by atoms with E-state index in [-0.39, 0.29) is 11.9 Å². The van der Waals surface area contributed by atoms with Gasteiger partial charge in [-0.25, -0.2) is 0 Å². The standard InChI is InChI=1S/C15H20N4O3/c1-10-8-13-16-17-14(9-21-3)19(13)6-5-18(10)15(20)12-4-7-22-11(12)2/h4,7,10H,5-6,8-9H2,1-3H3/t10-/m0/s1. The Morgan fingerprint density at radius 3 is 2.95 bits per heavy atom. The summed E-state index contributed by atoms with van der Waals surface area (Å²) in [6, 6.07) is 1.79. The molecule has 1 atom stereocenters. The molecule has 0 spiro atoms. The molecule has 0 N–H and O–H groups in total. The number of carbonyl (C=O) groups excluding carboxylic acids is 1. The van der Waals surface area contributed by atoms with Gasteiger partial charge < -0.3 is 18.6 Å². The third-order valence-electron chi connectivity index (χ3n) is 4.10. The first-order valence-electron chi connectivity index (χ1n) is 7.36. The van der Waals surface area contributed by atoms with Crippen LogP contribution in [0.1, 0.15) is 34.7 Å². The van der Waals surface area contributed by atoms with Gasteiger partial charge in [-0.2, -0.15) is 0 Å². The summed E-state index contributed by atoms with van der Waals surface area (Å²) in [5, 5.41) is 8.40. The first-order chi connectivity index (χ1) is 10.6. The molecule has 1 aliphatic rings. The van der Waals surface area contributed by atoms with E-state index in [0.29, 0.717) is 37.4 Å². The smallest absolute Gasteiger partial charge is 0.257 e. The molecular weight excluding hydrogens is 284 g/mol. The second-order valence-corrected chi connectivity index (χ2v) is 5.56. The highest BCUT2D eigenvalue weighted by Crippen LogP contribution is 2.19. The Labute approximate surface area is 128 Å². The average Bonchev–Trinajstić information content (AvgIpc) is 3.03. The van der Waals surface area contributed by atoms with Crippen molar-refractivity contribution >= 4 is 5.91 Å². The van der Waals surface area contributed by atoms with Crippen LogP contribution in [-0.4, -0.2) is 45.3 Å². The van der Waals surface area contributed by atoms with Gasteiger partial charge in [0.2, 0.25) is 0 Å². The van der Waals surface area contributed by atoms with E-state index >= 15 is 0 Å². The van der Waals surface area contributed by atoms with E-state index in [2.05, 4.69) is 14.8 Å². The van der Waals surface area contributed by atoms with Crippen LogP contribution in [0.4, 0.5) is 0 Å². The van der Waals surface area contributed by atoms with Gasteiger partial charge in [0.25, 0.3) is 5.91 Å². The van der Waals surface area contributed by atoms with Crippen LogP contribution in [0.2, 0.25) is 0 Å². The number of rotatable bonds is 3. The number of aryl methyl sites for hydroxylation is 1. The fourth-order valence-electron chi connectivity index (χ4n) is 2.88. The average molecular weight is 304 g/mol. The molecule has 0 saturated carbocycles. The van der Waals surface area contributed by atoms with Crippen molar-refractivity contribution in [3.05, 3.63) is 35.3 Å². The number of amides is 1. The monoisotopic (exact) mass is 304 g/mol. The molecule has 3 rings (SSSR count). The molecule has 22 heavy (non-hydrogen) atoms. The number of carbonyl (C=O) groups is 1. The fourth-order valence-corrected chi connectivity index (χ4v) is 2.88. The Bertz CT molecular complexity index is 676. The predicted octanol–water partition coefficient (Wildman–Crippen LogP) is 1.41. The summed E-state index contributed by atoms with van der Waals surface area (Å²) in [4.78, 5) is 14.6. The lowest BCUT2D eigenvalue weighted by molar-refractivity contribution is 0.0693. The summed E-state index contributed by atoms with van der Waals surface area (Å²) in [5.74, 6) is 2.36. The van der Waals surface area contributed by atoms with Gasteiger partial charge >= 0.3 is 0 Å². The van der Waals surface area contributed by atoms with Crippen LogP contribution >= 0.6 is 0 Å². The zero-order valence-electron chi connectivity index (χ0n) is 13.1. The molecule has 2 aromatic heterocycles. The normalized spacial score (nSPS) is 18.1. The molecule has 0 saturated heterocycles.